The van der Waals surface area contributed by atoms with Gasteiger partial charge in [-0.3, -0.25) is 10.1 Å². The van der Waals surface area contributed by atoms with E-state index in [0.29, 0.717) is 6.29 Å². The molecule has 0 amide bonds. The molecule has 0 saturated carbocycles. The second-order valence-corrected chi connectivity index (χ2v) is 6.24. The van der Waals surface area contributed by atoms with Crippen LogP contribution in [-0.4, -0.2) is 57.9 Å². The maximum Gasteiger partial charge on any atom is 0.523 e. The number of alkyl halides is 3. The standard InChI is InChI=1S/C15H16F3NO.C4H9NO2.C2H6O/c1-19-10-11-2-4-12(5-3-11)13-6-8-14(9-7-13)20-15(16,17)18;1-4(7)5-2-3-6;1-3-2/h2-8,14,19H,9-10H2,1H3;3-5,7H,2H2,1H3;1-2H3. The second kappa shape index (κ2) is 15.8. The van der Waals surface area contributed by atoms with E-state index in [-0.39, 0.29) is 13.0 Å². The first kappa shape index (κ1) is 28.0. The van der Waals surface area contributed by atoms with Crippen molar-refractivity contribution in [1.29, 1.82) is 0 Å². The summed E-state index contributed by atoms with van der Waals surface area (Å²) in [7, 11) is 5.13. The molecular weight excluding hydrogens is 401 g/mol. The third-order valence-corrected chi connectivity index (χ3v) is 3.51. The van der Waals surface area contributed by atoms with E-state index in [1.54, 1.807) is 33.3 Å². The van der Waals surface area contributed by atoms with Crippen LogP contribution in [-0.2, 0) is 20.8 Å². The molecule has 0 fully saturated rings. The van der Waals surface area contributed by atoms with Crippen molar-refractivity contribution in [3.63, 3.8) is 0 Å². The largest absolute Gasteiger partial charge is 0.523 e. The van der Waals surface area contributed by atoms with E-state index in [1.807, 2.05) is 31.3 Å². The fourth-order valence-corrected chi connectivity index (χ4v) is 2.31. The number of halogens is 3. The number of rotatable bonds is 7. The first-order chi connectivity index (χ1) is 14.2. The summed E-state index contributed by atoms with van der Waals surface area (Å²) in [5.41, 5.74) is 3.07. The summed E-state index contributed by atoms with van der Waals surface area (Å²) in [6, 6.07) is 7.93. The molecule has 1 aromatic carbocycles. The summed E-state index contributed by atoms with van der Waals surface area (Å²) in [5, 5.41) is 14.0. The number of hydrogen-bond acceptors (Lipinski definition) is 6. The molecule has 0 aromatic heterocycles. The molecule has 0 spiro atoms. The SMILES string of the molecule is CC(O)NCC=O.CNCc1ccc(C2=CCC(OC(F)(F)F)C=C2)cc1.COC. The lowest BCUT2D eigenvalue weighted by molar-refractivity contribution is -0.335. The van der Waals surface area contributed by atoms with Crippen molar-refractivity contribution in [1.82, 2.24) is 10.6 Å². The Morgan fingerprint density at radius 3 is 2.23 bits per heavy atom. The van der Waals surface area contributed by atoms with Gasteiger partial charge in [0.2, 0.25) is 0 Å². The molecule has 6 nitrogen and oxygen atoms in total. The van der Waals surface area contributed by atoms with Crippen molar-refractivity contribution in [2.45, 2.75) is 38.6 Å². The van der Waals surface area contributed by atoms with E-state index >= 15 is 0 Å². The van der Waals surface area contributed by atoms with Crippen LogP contribution in [0, 0.1) is 0 Å². The van der Waals surface area contributed by atoms with Gasteiger partial charge in [-0.05, 0) is 37.1 Å². The van der Waals surface area contributed by atoms with E-state index in [4.69, 9.17) is 5.11 Å². The molecule has 3 N–H and O–H groups in total. The van der Waals surface area contributed by atoms with Gasteiger partial charge in [0.1, 0.15) is 12.5 Å². The molecule has 2 atom stereocenters. The highest BCUT2D eigenvalue weighted by Gasteiger charge is 2.32. The maximum atomic E-state index is 12.1. The van der Waals surface area contributed by atoms with Gasteiger partial charge in [0.25, 0.3) is 0 Å². The highest BCUT2D eigenvalue weighted by Crippen LogP contribution is 2.27. The monoisotopic (exact) mass is 432 g/mol. The van der Waals surface area contributed by atoms with Crippen molar-refractivity contribution in [2.75, 3.05) is 27.8 Å². The van der Waals surface area contributed by atoms with Crippen LogP contribution in [0.3, 0.4) is 0 Å². The van der Waals surface area contributed by atoms with Gasteiger partial charge in [-0.25, -0.2) is 0 Å². The molecule has 0 aliphatic heterocycles. The average molecular weight is 432 g/mol. The van der Waals surface area contributed by atoms with E-state index in [2.05, 4.69) is 20.1 Å². The Kier molecular flexibility index (Phi) is 14.7. The molecule has 170 valence electrons. The number of carbonyl (C=O) groups excluding carboxylic acids is 1. The minimum Gasteiger partial charge on any atom is -0.388 e. The molecule has 0 heterocycles. The molecule has 9 heteroatoms. The van der Waals surface area contributed by atoms with Gasteiger partial charge in [-0.15, -0.1) is 13.2 Å². The van der Waals surface area contributed by atoms with E-state index in [0.717, 1.165) is 23.2 Å². The van der Waals surface area contributed by atoms with Crippen LogP contribution < -0.4 is 10.6 Å². The van der Waals surface area contributed by atoms with Gasteiger partial charge in [0.05, 0.1) is 12.6 Å². The van der Waals surface area contributed by atoms with Crippen molar-refractivity contribution >= 4 is 11.9 Å². The minimum atomic E-state index is -4.59. The molecule has 0 bridgehead atoms. The van der Waals surface area contributed by atoms with E-state index in [9.17, 15) is 18.0 Å². The van der Waals surface area contributed by atoms with Crippen LogP contribution >= 0.6 is 0 Å². The fraction of sp³-hybridized carbons (Fsp3) is 0.476. The van der Waals surface area contributed by atoms with Gasteiger partial charge in [-0.1, -0.05) is 42.5 Å². The number of allylic oxidation sites excluding steroid dienone is 2. The Morgan fingerprint density at radius 2 is 1.87 bits per heavy atom. The van der Waals surface area contributed by atoms with Gasteiger partial charge < -0.3 is 20.0 Å². The Hall–Kier alpha value is -2.04. The number of hydrogen-bond donors (Lipinski definition) is 3. The quantitative estimate of drug-likeness (QED) is 0.454. The molecule has 0 saturated heterocycles. The third kappa shape index (κ3) is 14.0. The predicted molar refractivity (Wildman–Crippen MR) is 111 cm³/mol. The second-order valence-electron chi connectivity index (χ2n) is 6.24. The molecule has 2 unspecified atom stereocenters. The Balaban J connectivity index is 0.000000706. The summed E-state index contributed by atoms with van der Waals surface area (Å²) >= 11 is 0. The van der Waals surface area contributed by atoms with Crippen molar-refractivity contribution < 1.29 is 32.5 Å². The lowest BCUT2D eigenvalue weighted by Gasteiger charge is -2.18. The Morgan fingerprint density at radius 1 is 1.27 bits per heavy atom. The maximum absolute atomic E-state index is 12.1. The van der Waals surface area contributed by atoms with Gasteiger partial charge >= 0.3 is 6.36 Å². The van der Waals surface area contributed by atoms with Gasteiger partial charge in [0.15, 0.2) is 0 Å². The lowest BCUT2D eigenvalue weighted by atomic mass is 9.97. The summed E-state index contributed by atoms with van der Waals surface area (Å²) in [6.07, 6.45) is -0.278. The lowest BCUT2D eigenvalue weighted by Crippen LogP contribution is -2.26. The Bertz CT molecular complexity index is 645. The number of carbonyl (C=O) groups is 1. The molecule has 1 aromatic rings. The summed E-state index contributed by atoms with van der Waals surface area (Å²) < 4.78 is 44.5. The van der Waals surface area contributed by atoms with Crippen molar-refractivity contribution in [3.8, 4) is 0 Å². The summed E-state index contributed by atoms with van der Waals surface area (Å²) in [6.45, 7) is 2.57. The molecule has 1 aliphatic rings. The molecule has 0 radical (unpaired) electrons. The number of benzene rings is 1. The van der Waals surface area contributed by atoms with Crippen molar-refractivity contribution in [2.24, 2.45) is 0 Å². The zero-order chi connectivity index (χ0) is 23.0. The first-order valence-corrected chi connectivity index (χ1v) is 9.28. The minimum absolute atomic E-state index is 0.220. The topological polar surface area (TPSA) is 79.8 Å². The zero-order valence-electron chi connectivity index (χ0n) is 17.7. The van der Waals surface area contributed by atoms with Crippen LogP contribution in [0.4, 0.5) is 13.2 Å². The molecular formula is C21H31F3N2O4. The first-order valence-electron chi connectivity index (χ1n) is 9.28. The predicted octanol–water partition coefficient (Wildman–Crippen LogP) is 3.03. The van der Waals surface area contributed by atoms with Crippen LogP contribution in [0.25, 0.3) is 5.57 Å². The van der Waals surface area contributed by atoms with Crippen LogP contribution in [0.1, 0.15) is 24.5 Å². The highest BCUT2D eigenvalue weighted by molar-refractivity contribution is 5.75. The van der Waals surface area contributed by atoms with E-state index < -0.39 is 18.7 Å². The number of nitrogens with one attached hydrogen (secondary N) is 2. The van der Waals surface area contributed by atoms with Crippen LogP contribution in [0.15, 0.2) is 42.5 Å². The van der Waals surface area contributed by atoms with Crippen LogP contribution in [0.5, 0.6) is 0 Å². The summed E-state index contributed by atoms with van der Waals surface area (Å²) in [5.74, 6) is 0. The van der Waals surface area contributed by atoms with Gasteiger partial charge in [-0.2, -0.15) is 0 Å². The van der Waals surface area contributed by atoms with Crippen molar-refractivity contribution in [3.05, 3.63) is 53.6 Å². The summed E-state index contributed by atoms with van der Waals surface area (Å²) in [4.78, 5) is 9.54. The number of ether oxygens (including phenoxy) is 2. The highest BCUT2D eigenvalue weighted by atomic mass is 19.4. The number of aliphatic hydroxyl groups excluding tert-OH is 1. The number of methoxy groups -OCH3 is 1. The van der Waals surface area contributed by atoms with Crippen LogP contribution in [0.2, 0.25) is 0 Å². The number of aldehydes is 1. The Labute approximate surface area is 175 Å². The van der Waals surface area contributed by atoms with Gasteiger partial charge in [0, 0.05) is 20.8 Å². The molecule has 2 rings (SSSR count). The fourth-order valence-electron chi connectivity index (χ4n) is 2.31. The normalized spacial score (nSPS) is 16.4. The van der Waals surface area contributed by atoms with E-state index in [1.165, 1.54) is 6.08 Å². The zero-order valence-corrected chi connectivity index (χ0v) is 17.7. The number of aliphatic hydroxyl groups is 1. The third-order valence-electron chi connectivity index (χ3n) is 3.51. The smallest absolute Gasteiger partial charge is 0.388 e. The molecule has 1 aliphatic carbocycles. The average Bonchev–Trinajstić information content (AvgIpc) is 2.68. The molecule has 30 heavy (non-hydrogen) atoms.